The summed E-state index contributed by atoms with van der Waals surface area (Å²) in [5.74, 6) is 2.10. The van der Waals surface area contributed by atoms with Crippen molar-refractivity contribution < 1.29 is 23.7 Å². The Hall–Kier alpha value is -2.15. The Morgan fingerprint density at radius 1 is 1.04 bits per heavy atom. The fourth-order valence-electron chi connectivity index (χ4n) is 3.12. The van der Waals surface area contributed by atoms with Crippen molar-refractivity contribution in [2.45, 2.75) is 44.6 Å². The van der Waals surface area contributed by atoms with Gasteiger partial charge in [-0.05, 0) is 31.4 Å². The molecule has 2 amide bonds. The number of benzene rings is 1. The maximum absolute atomic E-state index is 11.7. The van der Waals surface area contributed by atoms with Gasteiger partial charge in [0.2, 0.25) is 6.79 Å². The maximum Gasteiger partial charge on any atom is 0.314 e. The minimum Gasteiger partial charge on any atom is -0.492 e. The second-order valence-electron chi connectivity index (χ2n) is 6.53. The van der Waals surface area contributed by atoms with Crippen LogP contribution in [0.5, 0.6) is 17.2 Å². The number of hydrogen-bond donors (Lipinski definition) is 2. The van der Waals surface area contributed by atoms with Crippen molar-refractivity contribution in [3.05, 3.63) is 18.2 Å². The van der Waals surface area contributed by atoms with Gasteiger partial charge in [0.15, 0.2) is 11.5 Å². The van der Waals surface area contributed by atoms with Crippen LogP contribution >= 0.6 is 0 Å². The summed E-state index contributed by atoms with van der Waals surface area (Å²) >= 11 is 0. The molecule has 7 heteroatoms. The zero-order valence-electron chi connectivity index (χ0n) is 15.1. The summed E-state index contributed by atoms with van der Waals surface area (Å²) in [4.78, 5) is 11.7. The molecule has 7 nitrogen and oxygen atoms in total. The molecule has 1 aliphatic heterocycles. The summed E-state index contributed by atoms with van der Waals surface area (Å²) in [6, 6.07) is 5.24. The molecule has 0 spiro atoms. The molecule has 0 radical (unpaired) electrons. The topological polar surface area (TPSA) is 78.1 Å². The summed E-state index contributed by atoms with van der Waals surface area (Å²) in [6.07, 6.45) is 7.50. The summed E-state index contributed by atoms with van der Waals surface area (Å²) < 4.78 is 22.0. The van der Waals surface area contributed by atoms with Crippen molar-refractivity contribution in [3.63, 3.8) is 0 Å². The fourth-order valence-corrected chi connectivity index (χ4v) is 3.12. The minimum absolute atomic E-state index is 0.183. The monoisotopic (exact) mass is 364 g/mol. The number of nitrogens with one attached hydrogen (secondary N) is 2. The van der Waals surface area contributed by atoms with Crippen LogP contribution in [-0.2, 0) is 4.74 Å². The highest BCUT2D eigenvalue weighted by atomic mass is 16.7. The molecule has 2 aliphatic rings. The molecule has 1 aliphatic carbocycles. The van der Waals surface area contributed by atoms with E-state index in [0.717, 1.165) is 12.2 Å². The molecule has 3 rings (SSSR count). The molecule has 1 heterocycles. The zero-order valence-corrected chi connectivity index (χ0v) is 15.1. The van der Waals surface area contributed by atoms with Crippen molar-refractivity contribution in [1.29, 1.82) is 0 Å². The summed E-state index contributed by atoms with van der Waals surface area (Å²) in [5.41, 5.74) is 0. The summed E-state index contributed by atoms with van der Waals surface area (Å²) in [7, 11) is 0. The Labute approximate surface area is 154 Å². The van der Waals surface area contributed by atoms with E-state index < -0.39 is 0 Å². The number of carbonyl (C=O) groups excluding carboxylic acids is 1. The quantitative estimate of drug-likeness (QED) is 0.659. The van der Waals surface area contributed by atoms with E-state index in [1.54, 1.807) is 6.07 Å². The van der Waals surface area contributed by atoms with E-state index in [-0.39, 0.29) is 12.8 Å². The van der Waals surface area contributed by atoms with Gasteiger partial charge in [-0.3, -0.25) is 0 Å². The van der Waals surface area contributed by atoms with E-state index >= 15 is 0 Å². The highest BCUT2D eigenvalue weighted by Gasteiger charge is 2.14. The van der Waals surface area contributed by atoms with Crippen LogP contribution in [-0.4, -0.2) is 45.2 Å². The minimum atomic E-state index is -0.183. The Morgan fingerprint density at radius 3 is 2.73 bits per heavy atom. The molecule has 0 bridgehead atoms. The van der Waals surface area contributed by atoms with Crippen LogP contribution in [0.1, 0.15) is 38.5 Å². The molecule has 0 saturated heterocycles. The van der Waals surface area contributed by atoms with Gasteiger partial charge in [0.1, 0.15) is 12.4 Å². The highest BCUT2D eigenvalue weighted by molar-refractivity contribution is 5.73. The standard InChI is InChI=1S/C19H28N2O5/c22-19(20-9-4-11-23-15-5-2-1-3-6-15)21-10-12-24-16-7-8-17-18(13-16)26-14-25-17/h7-8,13,15H,1-6,9-12,14H2,(H2,20,21,22). The number of carbonyl (C=O) groups is 1. The third-order valence-electron chi connectivity index (χ3n) is 4.51. The SMILES string of the molecule is O=C(NCCCOC1CCCCC1)NCCOc1ccc2c(c1)OCO2. The number of ether oxygens (including phenoxy) is 4. The molecular formula is C19H28N2O5. The van der Waals surface area contributed by atoms with Crippen LogP contribution in [0.3, 0.4) is 0 Å². The van der Waals surface area contributed by atoms with E-state index in [1.807, 2.05) is 12.1 Å². The van der Waals surface area contributed by atoms with Crippen molar-refractivity contribution in [2.75, 3.05) is 33.1 Å². The molecule has 0 atom stereocenters. The van der Waals surface area contributed by atoms with E-state index in [1.165, 1.54) is 32.1 Å². The lowest BCUT2D eigenvalue weighted by Crippen LogP contribution is -2.38. The van der Waals surface area contributed by atoms with Gasteiger partial charge in [-0.25, -0.2) is 4.79 Å². The van der Waals surface area contributed by atoms with Crippen LogP contribution in [0.4, 0.5) is 4.79 Å². The van der Waals surface area contributed by atoms with Gasteiger partial charge < -0.3 is 29.6 Å². The van der Waals surface area contributed by atoms with E-state index in [4.69, 9.17) is 18.9 Å². The predicted octanol–water partition coefficient (Wildman–Crippen LogP) is 2.83. The van der Waals surface area contributed by atoms with Gasteiger partial charge in [-0.2, -0.15) is 0 Å². The van der Waals surface area contributed by atoms with Crippen LogP contribution in [0.2, 0.25) is 0 Å². The van der Waals surface area contributed by atoms with E-state index in [0.29, 0.717) is 43.9 Å². The molecule has 1 fully saturated rings. The lowest BCUT2D eigenvalue weighted by atomic mass is 9.98. The van der Waals surface area contributed by atoms with Gasteiger partial charge in [-0.15, -0.1) is 0 Å². The smallest absolute Gasteiger partial charge is 0.314 e. The third-order valence-corrected chi connectivity index (χ3v) is 4.51. The molecule has 1 aromatic rings. The first-order valence-electron chi connectivity index (χ1n) is 9.47. The molecule has 1 saturated carbocycles. The molecule has 0 aromatic heterocycles. The molecule has 0 unspecified atom stereocenters. The Kier molecular flexibility index (Phi) is 7.25. The average molecular weight is 364 g/mol. The van der Waals surface area contributed by atoms with Crippen molar-refractivity contribution in [2.24, 2.45) is 0 Å². The first-order chi connectivity index (χ1) is 12.8. The normalized spacial score (nSPS) is 16.3. The van der Waals surface area contributed by atoms with Gasteiger partial charge in [-0.1, -0.05) is 19.3 Å². The molecule has 2 N–H and O–H groups in total. The van der Waals surface area contributed by atoms with Gasteiger partial charge >= 0.3 is 6.03 Å². The predicted molar refractivity (Wildman–Crippen MR) is 96.9 cm³/mol. The Balaban J connectivity index is 1.19. The number of fused-ring (bicyclic) bond motifs is 1. The maximum atomic E-state index is 11.7. The second-order valence-corrected chi connectivity index (χ2v) is 6.53. The average Bonchev–Trinajstić information content (AvgIpc) is 3.14. The molecule has 144 valence electrons. The van der Waals surface area contributed by atoms with Crippen LogP contribution in [0, 0.1) is 0 Å². The number of rotatable bonds is 9. The molecule has 26 heavy (non-hydrogen) atoms. The van der Waals surface area contributed by atoms with Crippen molar-refractivity contribution >= 4 is 6.03 Å². The number of hydrogen-bond acceptors (Lipinski definition) is 5. The highest BCUT2D eigenvalue weighted by Crippen LogP contribution is 2.34. The number of urea groups is 1. The first-order valence-corrected chi connectivity index (χ1v) is 9.47. The van der Waals surface area contributed by atoms with Crippen LogP contribution < -0.4 is 24.8 Å². The lowest BCUT2D eigenvalue weighted by Gasteiger charge is -2.21. The van der Waals surface area contributed by atoms with Crippen molar-refractivity contribution in [3.8, 4) is 17.2 Å². The number of amides is 2. The third kappa shape index (κ3) is 5.98. The van der Waals surface area contributed by atoms with Gasteiger partial charge in [0.05, 0.1) is 12.6 Å². The summed E-state index contributed by atoms with van der Waals surface area (Å²) in [6.45, 7) is 2.38. The second kappa shape index (κ2) is 10.1. The van der Waals surface area contributed by atoms with Gasteiger partial charge in [0, 0.05) is 19.2 Å². The van der Waals surface area contributed by atoms with Crippen LogP contribution in [0.25, 0.3) is 0 Å². The first kappa shape index (κ1) is 18.6. The summed E-state index contributed by atoms with van der Waals surface area (Å²) in [5, 5.41) is 5.60. The fraction of sp³-hybridized carbons (Fsp3) is 0.632. The Morgan fingerprint density at radius 2 is 1.85 bits per heavy atom. The molecule has 1 aromatic carbocycles. The zero-order chi connectivity index (χ0) is 18.0. The van der Waals surface area contributed by atoms with Crippen LogP contribution in [0.15, 0.2) is 18.2 Å². The van der Waals surface area contributed by atoms with Crippen molar-refractivity contribution in [1.82, 2.24) is 10.6 Å². The van der Waals surface area contributed by atoms with E-state index in [2.05, 4.69) is 10.6 Å². The lowest BCUT2D eigenvalue weighted by molar-refractivity contribution is 0.0275. The Bertz CT molecular complexity index is 575. The van der Waals surface area contributed by atoms with Gasteiger partial charge in [0.25, 0.3) is 0 Å². The molecular weight excluding hydrogens is 336 g/mol. The van der Waals surface area contributed by atoms with E-state index in [9.17, 15) is 4.79 Å². The largest absolute Gasteiger partial charge is 0.492 e.